The molecule has 0 aromatic rings. The molecule has 7 unspecified atom stereocenters. The molecule has 0 aromatic heterocycles. The van der Waals surface area contributed by atoms with Crippen LogP contribution in [-0.4, -0.2) is 38.3 Å². The van der Waals surface area contributed by atoms with Gasteiger partial charge in [0.1, 0.15) is 12.3 Å². The Morgan fingerprint density at radius 3 is 3.00 bits per heavy atom. The summed E-state index contributed by atoms with van der Waals surface area (Å²) in [5.74, 6) is 2.22. The lowest BCUT2D eigenvalue weighted by Gasteiger charge is -2.35. The second kappa shape index (κ2) is 5.81. The van der Waals surface area contributed by atoms with E-state index >= 15 is 0 Å². The van der Waals surface area contributed by atoms with Crippen LogP contribution in [0.25, 0.3) is 0 Å². The third-order valence-electron chi connectivity index (χ3n) is 5.95. The summed E-state index contributed by atoms with van der Waals surface area (Å²) in [7, 11) is 0. The van der Waals surface area contributed by atoms with Gasteiger partial charge in [-0.1, -0.05) is 12.2 Å². The molecule has 116 valence electrons. The number of hydrogen-bond acceptors (Lipinski definition) is 3. The quantitative estimate of drug-likeness (QED) is 0.794. The first-order valence-corrected chi connectivity index (χ1v) is 8.48. The number of aliphatic imine (C=N–C) groups is 1. The maximum absolute atomic E-state index is 14.2. The fraction of sp³-hybridized carbons (Fsp3) is 0.824. The van der Waals surface area contributed by atoms with Gasteiger partial charge < -0.3 is 4.74 Å². The van der Waals surface area contributed by atoms with E-state index < -0.39 is 6.17 Å². The maximum atomic E-state index is 14.2. The third kappa shape index (κ3) is 2.57. The fourth-order valence-corrected chi connectivity index (χ4v) is 4.74. The van der Waals surface area contributed by atoms with Gasteiger partial charge in [-0.3, -0.25) is 10.3 Å². The Balaban J connectivity index is 1.49. The topological polar surface area (TPSA) is 33.6 Å². The van der Waals surface area contributed by atoms with Crippen molar-refractivity contribution in [3.63, 3.8) is 0 Å². The normalized spacial score (nSPS) is 49.5. The molecule has 3 nitrogen and oxygen atoms in total. The summed E-state index contributed by atoms with van der Waals surface area (Å²) in [6.45, 7) is 2.86. The Morgan fingerprint density at radius 2 is 2.19 bits per heavy atom. The average Bonchev–Trinajstić information content (AvgIpc) is 3.16. The molecule has 3 heterocycles. The summed E-state index contributed by atoms with van der Waals surface area (Å²) < 4.78 is 19.8. The lowest BCUT2D eigenvalue weighted by Crippen LogP contribution is -2.37. The minimum atomic E-state index is -0.689. The van der Waals surface area contributed by atoms with Crippen LogP contribution in [0.5, 0.6) is 0 Å². The van der Waals surface area contributed by atoms with Crippen LogP contribution in [0.4, 0.5) is 4.39 Å². The van der Waals surface area contributed by atoms with Crippen molar-refractivity contribution < 1.29 is 9.13 Å². The van der Waals surface area contributed by atoms with E-state index in [1.807, 2.05) is 6.21 Å². The molecule has 1 N–H and O–H groups in total. The van der Waals surface area contributed by atoms with Crippen LogP contribution in [0.1, 0.15) is 25.7 Å². The van der Waals surface area contributed by atoms with Crippen molar-refractivity contribution in [1.29, 1.82) is 0 Å². The van der Waals surface area contributed by atoms with Gasteiger partial charge in [-0.15, -0.1) is 0 Å². The number of allylic oxidation sites excluding steroid dienone is 2. The monoisotopic (exact) mass is 292 g/mol. The molecule has 0 spiro atoms. The Hall–Kier alpha value is -0.740. The van der Waals surface area contributed by atoms with Crippen molar-refractivity contribution in [2.75, 3.05) is 19.8 Å². The molecule has 0 aromatic carbocycles. The number of ether oxygens (including phenoxy) is 1. The van der Waals surface area contributed by atoms with Crippen LogP contribution >= 0.6 is 0 Å². The molecule has 4 heteroatoms. The Morgan fingerprint density at radius 1 is 1.24 bits per heavy atom. The van der Waals surface area contributed by atoms with Crippen LogP contribution in [0, 0.1) is 29.6 Å². The molecule has 21 heavy (non-hydrogen) atoms. The predicted molar refractivity (Wildman–Crippen MR) is 81.1 cm³/mol. The summed E-state index contributed by atoms with van der Waals surface area (Å²) in [5.41, 5.74) is 0. The number of rotatable bonds is 2. The minimum absolute atomic E-state index is 0.0459. The highest BCUT2D eigenvalue weighted by atomic mass is 19.1. The van der Waals surface area contributed by atoms with Crippen LogP contribution in [0.15, 0.2) is 17.1 Å². The van der Waals surface area contributed by atoms with Gasteiger partial charge in [0.15, 0.2) is 0 Å². The molecule has 4 aliphatic rings. The van der Waals surface area contributed by atoms with Gasteiger partial charge in [0.05, 0.1) is 0 Å². The highest BCUT2D eigenvalue weighted by molar-refractivity contribution is 5.63. The van der Waals surface area contributed by atoms with Crippen molar-refractivity contribution >= 4 is 6.21 Å². The number of fused-ring (bicyclic) bond motifs is 1. The Kier molecular flexibility index (Phi) is 3.84. The van der Waals surface area contributed by atoms with Crippen LogP contribution in [0.3, 0.4) is 0 Å². The molecule has 2 saturated heterocycles. The molecule has 4 rings (SSSR count). The molecule has 0 saturated carbocycles. The number of halogens is 1. The molecular weight excluding hydrogens is 267 g/mol. The molecule has 3 aliphatic heterocycles. The van der Waals surface area contributed by atoms with E-state index in [0.717, 1.165) is 32.6 Å². The number of nitrogens with one attached hydrogen (secondary N) is 1. The lowest BCUT2D eigenvalue weighted by molar-refractivity contribution is 0.144. The van der Waals surface area contributed by atoms with E-state index in [2.05, 4.69) is 17.5 Å². The van der Waals surface area contributed by atoms with Gasteiger partial charge in [-0.25, -0.2) is 4.39 Å². The first kappa shape index (κ1) is 13.9. The first-order valence-electron chi connectivity index (χ1n) is 8.48. The first-order chi connectivity index (χ1) is 10.3. The zero-order valence-corrected chi connectivity index (χ0v) is 12.5. The summed E-state index contributed by atoms with van der Waals surface area (Å²) in [4.78, 5) is 4.73. The second-order valence-electron chi connectivity index (χ2n) is 7.10. The van der Waals surface area contributed by atoms with E-state index in [9.17, 15) is 4.39 Å². The fourth-order valence-electron chi connectivity index (χ4n) is 4.74. The number of nitrogens with zero attached hydrogens (tertiary/aromatic N) is 1. The largest absolute Gasteiger partial charge is 0.381 e. The van der Waals surface area contributed by atoms with E-state index in [4.69, 9.17) is 9.73 Å². The lowest BCUT2D eigenvalue weighted by atomic mass is 9.72. The molecule has 0 amide bonds. The smallest absolute Gasteiger partial charge is 0.107 e. The van der Waals surface area contributed by atoms with E-state index in [1.54, 1.807) is 0 Å². The van der Waals surface area contributed by atoms with Crippen molar-refractivity contribution in [3.05, 3.63) is 12.2 Å². The molecule has 1 aliphatic carbocycles. The van der Waals surface area contributed by atoms with Crippen LogP contribution in [0.2, 0.25) is 0 Å². The highest BCUT2D eigenvalue weighted by Gasteiger charge is 2.45. The van der Waals surface area contributed by atoms with E-state index in [1.165, 1.54) is 6.42 Å². The third-order valence-corrected chi connectivity index (χ3v) is 5.95. The maximum Gasteiger partial charge on any atom is 0.107 e. The number of hydrogen-bond donors (Lipinski definition) is 1. The zero-order chi connectivity index (χ0) is 14.2. The Bertz CT molecular complexity index is 433. The van der Waals surface area contributed by atoms with Gasteiger partial charge in [0.2, 0.25) is 0 Å². The predicted octanol–water partition coefficient (Wildman–Crippen LogP) is 2.58. The van der Waals surface area contributed by atoms with Gasteiger partial charge in [0.25, 0.3) is 0 Å². The zero-order valence-electron chi connectivity index (χ0n) is 12.5. The van der Waals surface area contributed by atoms with Crippen molar-refractivity contribution in [1.82, 2.24) is 5.32 Å². The molecule has 0 bridgehead atoms. The molecular formula is C17H25FN2O. The second-order valence-corrected chi connectivity index (χ2v) is 7.10. The highest BCUT2D eigenvalue weighted by Crippen LogP contribution is 2.42. The minimum Gasteiger partial charge on any atom is -0.381 e. The Labute approximate surface area is 126 Å². The molecule has 2 fully saturated rings. The van der Waals surface area contributed by atoms with E-state index in [0.29, 0.717) is 24.2 Å². The molecule has 7 atom stereocenters. The molecule has 0 radical (unpaired) electrons. The summed E-state index contributed by atoms with van der Waals surface area (Å²) in [5, 5.41) is 3.55. The SMILES string of the molecule is FC1CCC=CC1C1C=NC2NCC(C3CCOC3)C2C1. The van der Waals surface area contributed by atoms with Crippen molar-refractivity contribution in [3.8, 4) is 0 Å². The average molecular weight is 292 g/mol. The summed E-state index contributed by atoms with van der Waals surface area (Å²) >= 11 is 0. The van der Waals surface area contributed by atoms with Gasteiger partial charge in [-0.05, 0) is 43.4 Å². The van der Waals surface area contributed by atoms with Gasteiger partial charge in [0, 0.05) is 37.8 Å². The van der Waals surface area contributed by atoms with Crippen LogP contribution in [-0.2, 0) is 4.74 Å². The van der Waals surface area contributed by atoms with Crippen molar-refractivity contribution in [2.45, 2.75) is 38.0 Å². The van der Waals surface area contributed by atoms with Crippen LogP contribution < -0.4 is 5.32 Å². The summed E-state index contributed by atoms with van der Waals surface area (Å²) in [6, 6.07) is 0. The van der Waals surface area contributed by atoms with Crippen molar-refractivity contribution in [2.24, 2.45) is 34.6 Å². The van der Waals surface area contributed by atoms with Gasteiger partial charge >= 0.3 is 0 Å². The summed E-state index contributed by atoms with van der Waals surface area (Å²) in [6.07, 6.45) is 9.68. The number of alkyl halides is 1. The van der Waals surface area contributed by atoms with E-state index in [-0.39, 0.29) is 18.0 Å². The standard InChI is InChI=1S/C17H25FN2O/c18-16-4-2-1-3-13(16)12-7-14-15(11-5-6-21-10-11)9-20-17(14)19-8-12/h1,3,8,11-17,20H,2,4-7,9-10H2. The van der Waals surface area contributed by atoms with Gasteiger partial charge in [-0.2, -0.15) is 0 Å².